The Balaban J connectivity index is 1.77. The minimum absolute atomic E-state index is 0.141. The lowest BCUT2D eigenvalue weighted by atomic mass is 10.0. The maximum atomic E-state index is 10.7. The van der Waals surface area contributed by atoms with Gasteiger partial charge in [-0.25, -0.2) is 0 Å². The summed E-state index contributed by atoms with van der Waals surface area (Å²) in [6.45, 7) is 3.23. The van der Waals surface area contributed by atoms with Gasteiger partial charge in [0.05, 0.1) is 10.3 Å². The van der Waals surface area contributed by atoms with Gasteiger partial charge in [-0.05, 0) is 65.9 Å². The third kappa shape index (κ3) is 4.56. The predicted octanol–water partition coefficient (Wildman–Crippen LogP) is 2.49. The minimum Gasteiger partial charge on any atom is -0.480 e. The summed E-state index contributed by atoms with van der Waals surface area (Å²) in [4.78, 5) is 15.1. The summed E-state index contributed by atoms with van der Waals surface area (Å²) in [5, 5.41) is 11.0. The first kappa shape index (κ1) is 15.0. The number of hydrogen-bond donors (Lipinski definition) is 1. The molecule has 6 heteroatoms. The Labute approximate surface area is 126 Å². The second-order valence-corrected chi connectivity index (χ2v) is 7.37. The Bertz CT molecular complexity index is 430. The number of carbonyl (C=O) groups is 1. The topological polar surface area (TPSA) is 43.8 Å². The van der Waals surface area contributed by atoms with Crippen molar-refractivity contribution in [2.24, 2.45) is 0 Å². The molecule has 2 rings (SSSR count). The molecule has 106 valence electrons. The van der Waals surface area contributed by atoms with Gasteiger partial charge in [0.25, 0.3) is 0 Å². The summed E-state index contributed by atoms with van der Waals surface area (Å²) in [5.74, 6) is -0.743. The number of hydrogen-bond acceptors (Lipinski definition) is 4. The van der Waals surface area contributed by atoms with Crippen molar-refractivity contribution in [3.63, 3.8) is 0 Å². The zero-order valence-electron chi connectivity index (χ0n) is 11.0. The van der Waals surface area contributed by atoms with Gasteiger partial charge >= 0.3 is 5.97 Å². The van der Waals surface area contributed by atoms with Crippen molar-refractivity contribution in [3.05, 3.63) is 20.8 Å². The number of carboxylic acid groups (broad SMARTS) is 1. The van der Waals surface area contributed by atoms with Gasteiger partial charge < -0.3 is 5.11 Å². The van der Waals surface area contributed by atoms with Gasteiger partial charge in [0.1, 0.15) is 0 Å². The molecule has 1 aromatic heterocycles. The van der Waals surface area contributed by atoms with Crippen LogP contribution in [0.1, 0.15) is 18.4 Å². The molecule has 0 saturated carbocycles. The lowest BCUT2D eigenvalue weighted by Crippen LogP contribution is -2.44. The van der Waals surface area contributed by atoms with Gasteiger partial charge in [-0.15, -0.1) is 11.3 Å². The van der Waals surface area contributed by atoms with Gasteiger partial charge in [-0.1, -0.05) is 0 Å². The first-order valence-electron chi connectivity index (χ1n) is 6.42. The summed E-state index contributed by atoms with van der Waals surface area (Å²) in [6.07, 6.45) is 2.10. The highest BCUT2D eigenvalue weighted by Crippen LogP contribution is 2.23. The van der Waals surface area contributed by atoms with Crippen molar-refractivity contribution in [1.29, 1.82) is 0 Å². The van der Waals surface area contributed by atoms with Crippen molar-refractivity contribution >= 4 is 33.2 Å². The maximum absolute atomic E-state index is 10.7. The van der Waals surface area contributed by atoms with Crippen LogP contribution in [-0.4, -0.2) is 53.6 Å². The predicted molar refractivity (Wildman–Crippen MR) is 80.6 cm³/mol. The summed E-state index contributed by atoms with van der Waals surface area (Å²) >= 11 is 5.21. The van der Waals surface area contributed by atoms with E-state index in [2.05, 4.69) is 32.3 Å². The highest BCUT2D eigenvalue weighted by molar-refractivity contribution is 9.11. The molecule has 0 atom stereocenters. The van der Waals surface area contributed by atoms with Crippen LogP contribution in [-0.2, 0) is 11.3 Å². The molecule has 0 aromatic carbocycles. The number of nitrogens with zero attached hydrogens (tertiary/aromatic N) is 2. The van der Waals surface area contributed by atoms with E-state index < -0.39 is 5.97 Å². The molecule has 0 radical (unpaired) electrons. The van der Waals surface area contributed by atoms with Gasteiger partial charge in [0.15, 0.2) is 0 Å². The second kappa shape index (κ2) is 6.83. The zero-order chi connectivity index (χ0) is 13.8. The van der Waals surface area contributed by atoms with Crippen molar-refractivity contribution in [3.8, 4) is 0 Å². The van der Waals surface area contributed by atoms with Crippen molar-refractivity contribution in [2.45, 2.75) is 25.4 Å². The monoisotopic (exact) mass is 346 g/mol. The Morgan fingerprint density at radius 1 is 1.58 bits per heavy atom. The van der Waals surface area contributed by atoms with Gasteiger partial charge in [0, 0.05) is 12.6 Å². The Morgan fingerprint density at radius 2 is 2.26 bits per heavy atom. The number of thiophene rings is 1. The SMILES string of the molecule is CN(CC(=O)O)C1CCN(Cc2csc(Br)c2)CC1. The molecular weight excluding hydrogens is 328 g/mol. The van der Waals surface area contributed by atoms with E-state index in [1.807, 2.05) is 11.9 Å². The Kier molecular flexibility index (Phi) is 5.38. The molecule has 4 nitrogen and oxygen atoms in total. The molecule has 0 bridgehead atoms. The summed E-state index contributed by atoms with van der Waals surface area (Å²) in [7, 11) is 1.91. The van der Waals surface area contributed by atoms with E-state index in [4.69, 9.17) is 5.11 Å². The molecule has 1 aliphatic rings. The van der Waals surface area contributed by atoms with Crippen molar-refractivity contribution < 1.29 is 9.90 Å². The number of halogens is 1. The van der Waals surface area contributed by atoms with Crippen LogP contribution in [0.5, 0.6) is 0 Å². The molecular formula is C13H19BrN2O2S. The lowest BCUT2D eigenvalue weighted by molar-refractivity contribution is -0.138. The van der Waals surface area contributed by atoms with Crippen molar-refractivity contribution in [2.75, 3.05) is 26.7 Å². The third-order valence-electron chi connectivity index (χ3n) is 3.59. The molecule has 0 unspecified atom stereocenters. The van der Waals surface area contributed by atoms with E-state index >= 15 is 0 Å². The van der Waals surface area contributed by atoms with E-state index in [1.165, 1.54) is 9.35 Å². The fourth-order valence-electron chi connectivity index (χ4n) is 2.55. The largest absolute Gasteiger partial charge is 0.480 e. The maximum Gasteiger partial charge on any atom is 0.317 e. The van der Waals surface area contributed by atoms with Crippen LogP contribution in [0.2, 0.25) is 0 Å². The fourth-order valence-corrected chi connectivity index (χ4v) is 3.75. The van der Waals surface area contributed by atoms with Gasteiger partial charge in [0.2, 0.25) is 0 Å². The van der Waals surface area contributed by atoms with Crippen LogP contribution < -0.4 is 0 Å². The summed E-state index contributed by atoms with van der Waals surface area (Å²) < 4.78 is 1.18. The fraction of sp³-hybridized carbons (Fsp3) is 0.615. The van der Waals surface area contributed by atoms with E-state index in [9.17, 15) is 4.79 Å². The normalized spacial score (nSPS) is 18.1. The molecule has 1 saturated heterocycles. The number of aliphatic carboxylic acids is 1. The summed E-state index contributed by atoms with van der Waals surface area (Å²) in [5.41, 5.74) is 1.36. The van der Waals surface area contributed by atoms with E-state index in [0.717, 1.165) is 32.5 Å². The average Bonchev–Trinajstić information content (AvgIpc) is 2.75. The lowest BCUT2D eigenvalue weighted by Gasteiger charge is -2.36. The van der Waals surface area contributed by atoms with Crippen molar-refractivity contribution in [1.82, 2.24) is 9.80 Å². The molecule has 1 N–H and O–H groups in total. The van der Waals surface area contributed by atoms with Crippen LogP contribution in [0.25, 0.3) is 0 Å². The smallest absolute Gasteiger partial charge is 0.317 e. The van der Waals surface area contributed by atoms with E-state index in [1.54, 1.807) is 11.3 Å². The quantitative estimate of drug-likeness (QED) is 0.889. The number of carboxylic acids is 1. The highest BCUT2D eigenvalue weighted by Gasteiger charge is 2.23. The zero-order valence-corrected chi connectivity index (χ0v) is 13.4. The van der Waals surface area contributed by atoms with Crippen LogP contribution in [0.15, 0.2) is 15.2 Å². The van der Waals surface area contributed by atoms with Crippen LogP contribution in [0.3, 0.4) is 0 Å². The Morgan fingerprint density at radius 3 is 2.79 bits per heavy atom. The van der Waals surface area contributed by atoms with Crippen LogP contribution in [0, 0.1) is 0 Å². The van der Waals surface area contributed by atoms with E-state index in [-0.39, 0.29) is 6.54 Å². The highest BCUT2D eigenvalue weighted by atomic mass is 79.9. The van der Waals surface area contributed by atoms with Gasteiger partial charge in [-0.3, -0.25) is 14.6 Å². The first-order chi connectivity index (χ1) is 9.04. The third-order valence-corrected chi connectivity index (χ3v) is 5.15. The molecule has 19 heavy (non-hydrogen) atoms. The van der Waals surface area contributed by atoms with Gasteiger partial charge in [-0.2, -0.15) is 0 Å². The molecule has 2 heterocycles. The van der Waals surface area contributed by atoms with E-state index in [0.29, 0.717) is 6.04 Å². The second-order valence-electron chi connectivity index (χ2n) is 5.08. The molecule has 1 aliphatic heterocycles. The first-order valence-corrected chi connectivity index (χ1v) is 8.09. The number of rotatable bonds is 5. The molecule has 1 fully saturated rings. The number of likely N-dealkylation sites (N-methyl/N-ethyl adjacent to an activating group) is 1. The molecule has 0 aliphatic carbocycles. The number of piperidine rings is 1. The molecule has 0 amide bonds. The van der Waals surface area contributed by atoms with Crippen LogP contribution >= 0.6 is 27.3 Å². The summed E-state index contributed by atoms with van der Waals surface area (Å²) in [6, 6.07) is 2.58. The average molecular weight is 347 g/mol. The minimum atomic E-state index is -0.743. The Hall–Kier alpha value is -0.430. The molecule has 1 aromatic rings. The number of likely N-dealkylation sites (tertiary alicyclic amines) is 1. The molecule has 0 spiro atoms. The standard InChI is InChI=1S/C13H19BrN2O2S/c1-15(8-13(17)18)11-2-4-16(5-3-11)7-10-6-12(14)19-9-10/h6,9,11H,2-5,7-8H2,1H3,(H,17,18). The van der Waals surface area contributed by atoms with Crippen LogP contribution in [0.4, 0.5) is 0 Å².